The van der Waals surface area contributed by atoms with E-state index < -0.39 is 41.2 Å². The normalized spacial score (nSPS) is 26.4. The largest absolute Gasteiger partial charge is 0.437 e. The van der Waals surface area contributed by atoms with Crippen molar-refractivity contribution in [3.8, 4) is 0 Å². The molecular formula is C13H14F3N3O2. The second kappa shape index (κ2) is 4.57. The monoisotopic (exact) mass is 301 g/mol. The fourth-order valence-electron chi connectivity index (χ4n) is 3.28. The van der Waals surface area contributed by atoms with E-state index in [9.17, 15) is 22.8 Å². The van der Waals surface area contributed by atoms with Crippen molar-refractivity contribution < 1.29 is 22.8 Å². The maximum Gasteiger partial charge on any atom is 0.437 e. The number of nitrogens with zero attached hydrogens (tertiary/aromatic N) is 2. The van der Waals surface area contributed by atoms with E-state index in [1.807, 2.05) is 0 Å². The molecule has 2 aliphatic rings. The van der Waals surface area contributed by atoms with Crippen molar-refractivity contribution in [2.24, 2.45) is 11.8 Å². The summed E-state index contributed by atoms with van der Waals surface area (Å²) in [6.45, 7) is 1.38. The lowest BCUT2D eigenvalue weighted by Crippen LogP contribution is -2.33. The average molecular weight is 301 g/mol. The maximum absolute atomic E-state index is 13.0. The molecule has 2 fully saturated rings. The van der Waals surface area contributed by atoms with Crippen molar-refractivity contribution in [3.05, 3.63) is 11.4 Å². The Labute approximate surface area is 118 Å². The number of aromatic amines is 1. The van der Waals surface area contributed by atoms with Gasteiger partial charge in [0.25, 0.3) is 0 Å². The Bertz CT molecular complexity index is 584. The number of anilines is 1. The zero-order valence-electron chi connectivity index (χ0n) is 11.3. The Morgan fingerprint density at radius 2 is 1.67 bits per heavy atom. The third kappa shape index (κ3) is 2.04. The topological polar surface area (TPSA) is 66.1 Å². The van der Waals surface area contributed by atoms with Gasteiger partial charge in [-0.25, -0.2) is 4.90 Å². The molecule has 3 rings (SSSR count). The number of halogens is 3. The highest BCUT2D eigenvalue weighted by atomic mass is 19.4. The summed E-state index contributed by atoms with van der Waals surface area (Å²) in [6.07, 6.45) is -1.95. The van der Waals surface area contributed by atoms with Crippen LogP contribution in [-0.4, -0.2) is 22.0 Å². The summed E-state index contributed by atoms with van der Waals surface area (Å²) in [7, 11) is 0. The van der Waals surface area contributed by atoms with Crippen LogP contribution < -0.4 is 4.90 Å². The molecule has 1 N–H and O–H groups in total. The Kier molecular flexibility index (Phi) is 3.07. The van der Waals surface area contributed by atoms with Gasteiger partial charge >= 0.3 is 6.18 Å². The molecule has 1 aromatic heterocycles. The van der Waals surface area contributed by atoms with E-state index in [2.05, 4.69) is 10.2 Å². The standard InChI is InChI=1S/C13H14F3N3O2/c1-6-9(10(18-17-6)13(14,15)16)19-11(20)7-4-2-3-5-8(7)12(19)21/h7-8H,2-5H2,1H3,(H,17,18)/t7-,8-/m0/s1. The first kappa shape index (κ1) is 14.1. The molecule has 0 aromatic carbocycles. The van der Waals surface area contributed by atoms with Gasteiger partial charge in [-0.05, 0) is 19.8 Å². The van der Waals surface area contributed by atoms with Gasteiger partial charge in [-0.1, -0.05) is 12.8 Å². The molecule has 2 heterocycles. The summed E-state index contributed by atoms with van der Waals surface area (Å²) < 4.78 is 39.0. The highest BCUT2D eigenvalue weighted by Crippen LogP contribution is 2.44. The quantitative estimate of drug-likeness (QED) is 0.810. The van der Waals surface area contributed by atoms with Crippen LogP contribution in [0.1, 0.15) is 37.1 Å². The molecule has 0 radical (unpaired) electrons. The van der Waals surface area contributed by atoms with Crippen LogP contribution in [0, 0.1) is 18.8 Å². The van der Waals surface area contributed by atoms with Crippen LogP contribution >= 0.6 is 0 Å². The number of imide groups is 1. The van der Waals surface area contributed by atoms with Crippen LogP contribution in [0.25, 0.3) is 0 Å². The first-order valence-electron chi connectivity index (χ1n) is 6.82. The van der Waals surface area contributed by atoms with E-state index in [0.29, 0.717) is 17.7 Å². The molecule has 114 valence electrons. The predicted octanol–water partition coefficient (Wildman–Crippen LogP) is 2.42. The number of nitrogens with one attached hydrogen (secondary N) is 1. The number of alkyl halides is 3. The third-order valence-corrected chi connectivity index (χ3v) is 4.25. The van der Waals surface area contributed by atoms with Gasteiger partial charge in [-0.2, -0.15) is 18.3 Å². The SMILES string of the molecule is Cc1[nH]nc(C(F)(F)F)c1N1C(=O)[C@H]2CCCC[C@@H]2C1=O. The number of H-pyrrole nitrogens is 1. The molecule has 8 heteroatoms. The number of rotatable bonds is 1. The molecule has 0 unspecified atom stereocenters. The number of hydrogen-bond donors (Lipinski definition) is 1. The average Bonchev–Trinajstić information content (AvgIpc) is 2.90. The van der Waals surface area contributed by atoms with Crippen molar-refractivity contribution in [2.45, 2.75) is 38.8 Å². The van der Waals surface area contributed by atoms with Gasteiger partial charge in [0.15, 0.2) is 5.69 Å². The first-order valence-corrected chi connectivity index (χ1v) is 6.82. The molecule has 0 spiro atoms. The van der Waals surface area contributed by atoms with E-state index in [1.54, 1.807) is 0 Å². The number of amides is 2. The number of carbonyl (C=O) groups is 2. The van der Waals surface area contributed by atoms with Crippen molar-refractivity contribution in [3.63, 3.8) is 0 Å². The minimum Gasteiger partial charge on any atom is -0.280 e. The zero-order valence-corrected chi connectivity index (χ0v) is 11.3. The minimum absolute atomic E-state index is 0.0719. The molecule has 1 saturated carbocycles. The fraction of sp³-hybridized carbons (Fsp3) is 0.615. The molecule has 21 heavy (non-hydrogen) atoms. The van der Waals surface area contributed by atoms with Gasteiger partial charge in [0.2, 0.25) is 11.8 Å². The molecule has 1 aromatic rings. The van der Waals surface area contributed by atoms with E-state index in [0.717, 1.165) is 12.8 Å². The molecular weight excluding hydrogens is 287 g/mol. The van der Waals surface area contributed by atoms with E-state index in [1.165, 1.54) is 6.92 Å². The van der Waals surface area contributed by atoms with Crippen molar-refractivity contribution in [2.75, 3.05) is 4.90 Å². The lowest BCUT2D eigenvalue weighted by atomic mass is 9.81. The van der Waals surface area contributed by atoms with E-state index in [-0.39, 0.29) is 5.69 Å². The highest BCUT2D eigenvalue weighted by molar-refractivity contribution is 6.22. The summed E-state index contributed by atoms with van der Waals surface area (Å²) in [6, 6.07) is 0. The van der Waals surface area contributed by atoms with Crippen LogP contribution in [0.5, 0.6) is 0 Å². The molecule has 2 atom stereocenters. The number of aromatic nitrogens is 2. The molecule has 0 bridgehead atoms. The van der Waals surface area contributed by atoms with Gasteiger partial charge in [0, 0.05) is 0 Å². The Hall–Kier alpha value is -1.86. The van der Waals surface area contributed by atoms with Gasteiger partial charge < -0.3 is 0 Å². The van der Waals surface area contributed by atoms with Crippen molar-refractivity contribution in [1.29, 1.82) is 0 Å². The summed E-state index contributed by atoms with van der Waals surface area (Å²) in [4.78, 5) is 25.4. The number of fused-ring (bicyclic) bond motifs is 1. The Morgan fingerprint density at radius 1 is 1.14 bits per heavy atom. The number of hydrogen-bond acceptors (Lipinski definition) is 3. The molecule has 1 saturated heterocycles. The van der Waals surface area contributed by atoms with E-state index in [4.69, 9.17) is 0 Å². The second-order valence-electron chi connectivity index (χ2n) is 5.55. The van der Waals surface area contributed by atoms with Gasteiger partial charge in [0.1, 0.15) is 5.69 Å². The van der Waals surface area contributed by atoms with E-state index >= 15 is 0 Å². The summed E-state index contributed by atoms with van der Waals surface area (Å²) >= 11 is 0. The first-order chi connectivity index (χ1) is 9.82. The third-order valence-electron chi connectivity index (χ3n) is 4.25. The van der Waals surface area contributed by atoms with Crippen LogP contribution in [0.3, 0.4) is 0 Å². The highest BCUT2D eigenvalue weighted by Gasteiger charge is 2.52. The van der Waals surface area contributed by atoms with Crippen molar-refractivity contribution in [1.82, 2.24) is 10.2 Å². The van der Waals surface area contributed by atoms with Gasteiger partial charge in [0.05, 0.1) is 17.5 Å². The maximum atomic E-state index is 13.0. The van der Waals surface area contributed by atoms with Crippen molar-refractivity contribution >= 4 is 17.5 Å². The van der Waals surface area contributed by atoms with Crippen LogP contribution in [0.4, 0.5) is 18.9 Å². The molecule has 1 aliphatic carbocycles. The van der Waals surface area contributed by atoms with Crippen LogP contribution in [0.15, 0.2) is 0 Å². The molecule has 2 amide bonds. The van der Waals surface area contributed by atoms with Gasteiger partial charge in [-0.3, -0.25) is 14.7 Å². The summed E-state index contributed by atoms with van der Waals surface area (Å²) in [5.41, 5.74) is -1.57. The van der Waals surface area contributed by atoms with Gasteiger partial charge in [-0.15, -0.1) is 0 Å². The fourth-order valence-corrected chi connectivity index (χ4v) is 3.28. The molecule has 1 aliphatic heterocycles. The smallest absolute Gasteiger partial charge is 0.280 e. The second-order valence-corrected chi connectivity index (χ2v) is 5.55. The van der Waals surface area contributed by atoms with Crippen LogP contribution in [0.2, 0.25) is 0 Å². The van der Waals surface area contributed by atoms with Crippen LogP contribution in [-0.2, 0) is 15.8 Å². The minimum atomic E-state index is -4.71. The Morgan fingerprint density at radius 3 is 2.14 bits per heavy atom. The lowest BCUT2D eigenvalue weighted by molar-refractivity contribution is -0.140. The summed E-state index contributed by atoms with van der Waals surface area (Å²) in [5, 5.41) is 5.45. The lowest BCUT2D eigenvalue weighted by Gasteiger charge is -2.19. The predicted molar refractivity (Wildman–Crippen MR) is 66.3 cm³/mol. The Balaban J connectivity index is 2.07. The zero-order chi connectivity index (χ0) is 15.4. The number of aryl methyl sites for hydroxylation is 1. The number of carbonyl (C=O) groups excluding carboxylic acids is 2. The summed E-state index contributed by atoms with van der Waals surface area (Å²) in [5.74, 6) is -2.03. The molecule has 5 nitrogen and oxygen atoms in total.